The highest BCUT2D eigenvalue weighted by Gasteiger charge is 2.45. The van der Waals surface area contributed by atoms with Gasteiger partial charge >= 0.3 is 0 Å². The fraction of sp³-hybridized carbons (Fsp3) is 1.00. The van der Waals surface area contributed by atoms with E-state index in [2.05, 4.69) is 37.9 Å². The maximum Gasteiger partial charge on any atom is 0.0787 e. The monoisotopic (exact) mass is 240 g/mol. The molecule has 1 atom stereocenters. The van der Waals surface area contributed by atoms with Crippen molar-refractivity contribution in [1.82, 2.24) is 10.2 Å². The molecule has 3 heteroatoms. The molecule has 1 N–H and O–H groups in total. The van der Waals surface area contributed by atoms with Crippen LogP contribution in [0.15, 0.2) is 0 Å². The third-order valence-corrected chi connectivity index (χ3v) is 4.09. The Hall–Kier alpha value is -0.120. The summed E-state index contributed by atoms with van der Waals surface area (Å²) in [4.78, 5) is 2.56. The summed E-state index contributed by atoms with van der Waals surface area (Å²) in [5.74, 6) is 0. The maximum atomic E-state index is 6.10. The summed E-state index contributed by atoms with van der Waals surface area (Å²) < 4.78 is 6.10. The number of hydrogen-bond acceptors (Lipinski definition) is 3. The fourth-order valence-electron chi connectivity index (χ4n) is 3.28. The van der Waals surface area contributed by atoms with E-state index in [1.165, 1.54) is 32.5 Å². The van der Waals surface area contributed by atoms with Gasteiger partial charge in [0.15, 0.2) is 0 Å². The third kappa shape index (κ3) is 3.43. The zero-order chi connectivity index (χ0) is 12.5. The van der Waals surface area contributed by atoms with Crippen molar-refractivity contribution < 1.29 is 4.74 Å². The lowest BCUT2D eigenvalue weighted by molar-refractivity contribution is -0.0698. The van der Waals surface area contributed by atoms with E-state index in [9.17, 15) is 0 Å². The maximum absolute atomic E-state index is 6.10. The Morgan fingerprint density at radius 3 is 2.35 bits per heavy atom. The molecule has 0 saturated carbocycles. The van der Waals surface area contributed by atoms with Gasteiger partial charge in [0, 0.05) is 19.1 Å². The first-order valence-electron chi connectivity index (χ1n) is 7.05. The van der Waals surface area contributed by atoms with Crippen molar-refractivity contribution in [2.75, 3.05) is 26.2 Å². The van der Waals surface area contributed by atoms with Gasteiger partial charge in [0.05, 0.1) is 11.2 Å². The molecule has 0 aromatic rings. The van der Waals surface area contributed by atoms with Crippen LogP contribution in [0.3, 0.4) is 0 Å². The molecular formula is C14H28N2O. The Morgan fingerprint density at radius 1 is 1.18 bits per heavy atom. The molecule has 0 aliphatic carbocycles. The fourth-order valence-corrected chi connectivity index (χ4v) is 3.28. The lowest BCUT2D eigenvalue weighted by atomic mass is 9.94. The largest absolute Gasteiger partial charge is 0.368 e. The normalized spacial score (nSPS) is 32.1. The van der Waals surface area contributed by atoms with Crippen LogP contribution in [0.5, 0.6) is 0 Å². The predicted octanol–water partition coefficient (Wildman–Crippen LogP) is 2.02. The smallest absolute Gasteiger partial charge is 0.0787 e. The summed E-state index contributed by atoms with van der Waals surface area (Å²) in [5, 5.41) is 3.69. The summed E-state index contributed by atoms with van der Waals surface area (Å²) in [6.45, 7) is 13.6. The predicted molar refractivity (Wildman–Crippen MR) is 71.3 cm³/mol. The van der Waals surface area contributed by atoms with Gasteiger partial charge in [-0.25, -0.2) is 0 Å². The molecule has 0 spiro atoms. The highest BCUT2D eigenvalue weighted by Crippen LogP contribution is 2.37. The quantitative estimate of drug-likeness (QED) is 0.813. The minimum absolute atomic E-state index is 0.0226. The van der Waals surface area contributed by atoms with Gasteiger partial charge < -0.3 is 15.0 Å². The first kappa shape index (κ1) is 13.3. The van der Waals surface area contributed by atoms with Crippen LogP contribution in [0.2, 0.25) is 0 Å². The minimum atomic E-state index is -0.0332. The molecule has 17 heavy (non-hydrogen) atoms. The van der Waals surface area contributed by atoms with Crippen molar-refractivity contribution >= 4 is 0 Å². The SMILES string of the molecule is CC1(C)CC(NCCN2CCCC2)C(C)(C)O1. The lowest BCUT2D eigenvalue weighted by Gasteiger charge is -2.28. The molecule has 2 heterocycles. The second-order valence-corrected chi connectivity index (χ2v) is 6.72. The van der Waals surface area contributed by atoms with Crippen molar-refractivity contribution in [3.05, 3.63) is 0 Å². The molecule has 1 unspecified atom stereocenters. The van der Waals surface area contributed by atoms with Crippen molar-refractivity contribution in [3.63, 3.8) is 0 Å². The van der Waals surface area contributed by atoms with Gasteiger partial charge in [-0.2, -0.15) is 0 Å². The number of likely N-dealkylation sites (tertiary alicyclic amines) is 1. The van der Waals surface area contributed by atoms with Crippen LogP contribution in [-0.2, 0) is 4.74 Å². The van der Waals surface area contributed by atoms with Crippen LogP contribution in [-0.4, -0.2) is 48.3 Å². The van der Waals surface area contributed by atoms with E-state index >= 15 is 0 Å². The standard InChI is InChI=1S/C14H28N2O/c1-13(2)11-12(14(3,4)17-13)15-7-10-16-8-5-6-9-16/h12,15H,5-11H2,1-4H3. The van der Waals surface area contributed by atoms with Crippen molar-refractivity contribution in [2.24, 2.45) is 0 Å². The molecule has 2 aliphatic rings. The molecule has 0 amide bonds. The van der Waals surface area contributed by atoms with E-state index in [-0.39, 0.29) is 11.2 Å². The highest BCUT2D eigenvalue weighted by molar-refractivity contribution is 4.98. The van der Waals surface area contributed by atoms with E-state index in [1.54, 1.807) is 0 Å². The Morgan fingerprint density at radius 2 is 1.82 bits per heavy atom. The summed E-state index contributed by atoms with van der Waals surface area (Å²) in [6.07, 6.45) is 3.87. The summed E-state index contributed by atoms with van der Waals surface area (Å²) >= 11 is 0. The van der Waals surface area contributed by atoms with Gasteiger partial charge in [0.2, 0.25) is 0 Å². The molecular weight excluding hydrogens is 212 g/mol. The number of rotatable bonds is 4. The third-order valence-electron chi connectivity index (χ3n) is 4.09. The zero-order valence-electron chi connectivity index (χ0n) is 11.9. The molecule has 3 nitrogen and oxygen atoms in total. The van der Waals surface area contributed by atoms with Crippen LogP contribution in [0.4, 0.5) is 0 Å². The van der Waals surface area contributed by atoms with Gasteiger partial charge in [-0.15, -0.1) is 0 Å². The molecule has 0 aromatic heterocycles. The van der Waals surface area contributed by atoms with Crippen molar-refractivity contribution in [1.29, 1.82) is 0 Å². The molecule has 0 radical (unpaired) electrons. The van der Waals surface area contributed by atoms with E-state index < -0.39 is 0 Å². The molecule has 2 aliphatic heterocycles. The van der Waals surface area contributed by atoms with Crippen LogP contribution >= 0.6 is 0 Å². The summed E-state index contributed by atoms with van der Waals surface area (Å²) in [7, 11) is 0. The van der Waals surface area contributed by atoms with Crippen LogP contribution in [0.25, 0.3) is 0 Å². The van der Waals surface area contributed by atoms with Crippen molar-refractivity contribution in [3.8, 4) is 0 Å². The Bertz CT molecular complexity index is 257. The molecule has 0 bridgehead atoms. The number of nitrogens with zero attached hydrogens (tertiary/aromatic N) is 1. The molecule has 2 rings (SSSR count). The topological polar surface area (TPSA) is 24.5 Å². The molecule has 0 aromatic carbocycles. The first-order chi connectivity index (χ1) is 7.89. The zero-order valence-corrected chi connectivity index (χ0v) is 11.9. The highest BCUT2D eigenvalue weighted by atomic mass is 16.5. The first-order valence-corrected chi connectivity index (χ1v) is 7.05. The molecule has 2 fully saturated rings. The average molecular weight is 240 g/mol. The number of ether oxygens (including phenoxy) is 1. The summed E-state index contributed by atoms with van der Waals surface area (Å²) in [5.41, 5.74) is -0.0106. The van der Waals surface area contributed by atoms with E-state index in [0.717, 1.165) is 13.0 Å². The number of nitrogens with one attached hydrogen (secondary N) is 1. The van der Waals surface area contributed by atoms with Gasteiger partial charge in [-0.1, -0.05) is 0 Å². The second kappa shape index (κ2) is 4.87. The Kier molecular flexibility index (Phi) is 3.81. The van der Waals surface area contributed by atoms with Crippen LogP contribution < -0.4 is 5.32 Å². The lowest BCUT2D eigenvalue weighted by Crippen LogP contribution is -2.45. The minimum Gasteiger partial charge on any atom is -0.368 e. The average Bonchev–Trinajstić information content (AvgIpc) is 2.72. The van der Waals surface area contributed by atoms with E-state index in [4.69, 9.17) is 4.74 Å². The van der Waals surface area contributed by atoms with E-state index in [0.29, 0.717) is 6.04 Å². The van der Waals surface area contributed by atoms with Gasteiger partial charge in [0.25, 0.3) is 0 Å². The van der Waals surface area contributed by atoms with E-state index in [1.807, 2.05) is 0 Å². The Balaban J connectivity index is 1.75. The van der Waals surface area contributed by atoms with Crippen molar-refractivity contribution in [2.45, 2.75) is 64.2 Å². The second-order valence-electron chi connectivity index (χ2n) is 6.72. The number of hydrogen-bond donors (Lipinski definition) is 1. The van der Waals surface area contributed by atoms with Gasteiger partial charge in [-0.3, -0.25) is 0 Å². The van der Waals surface area contributed by atoms with Crippen LogP contribution in [0, 0.1) is 0 Å². The Labute approximate surface area is 106 Å². The van der Waals surface area contributed by atoms with Crippen LogP contribution in [0.1, 0.15) is 47.0 Å². The van der Waals surface area contributed by atoms with Gasteiger partial charge in [0.1, 0.15) is 0 Å². The molecule has 2 saturated heterocycles. The molecule has 100 valence electrons. The van der Waals surface area contributed by atoms with Gasteiger partial charge in [-0.05, 0) is 60.0 Å². The summed E-state index contributed by atoms with van der Waals surface area (Å²) in [6, 6.07) is 0.486.